The number of rotatable bonds is 10. The SMILES string of the molecule is CC(CCc1ccc(OC(=O)C(F)(F)F)cc1)N(CCc1ccc(OC(=O)C(F)(F)F)c(OC(=O)C(F)(F)F)c1)C(=O)C(F)(F)F. The van der Waals surface area contributed by atoms with Gasteiger partial charge in [0.05, 0.1) is 0 Å². The number of esters is 3. The standard InChI is InChI=1S/C26H19F12NO7/c1-13(2-3-14-4-7-16(8-5-14)44-20(41)24(30,31)32)39(19(40)23(27,28)29)11-10-15-6-9-17(45-21(42)25(33,34)35)18(12-15)46-22(43)26(36,37)38/h4-9,12-13H,2-3,10-11H2,1H3. The highest BCUT2D eigenvalue weighted by Gasteiger charge is 2.45. The van der Waals surface area contributed by atoms with E-state index in [1.807, 2.05) is 0 Å². The van der Waals surface area contributed by atoms with Crippen LogP contribution in [0.15, 0.2) is 42.5 Å². The molecule has 0 aliphatic rings. The number of amides is 1. The molecule has 1 unspecified atom stereocenters. The molecule has 0 heterocycles. The van der Waals surface area contributed by atoms with E-state index in [2.05, 4.69) is 14.2 Å². The number of aryl methyl sites for hydroxylation is 1. The molecule has 1 amide bonds. The average Bonchev–Trinajstić information content (AvgIpc) is 2.91. The molecule has 0 saturated heterocycles. The Morgan fingerprint density at radius 2 is 1.07 bits per heavy atom. The molecule has 0 aromatic heterocycles. The van der Waals surface area contributed by atoms with Crippen LogP contribution in [0.25, 0.3) is 0 Å². The van der Waals surface area contributed by atoms with Crippen LogP contribution in [0, 0.1) is 0 Å². The second kappa shape index (κ2) is 14.3. The molecule has 0 N–H and O–H groups in total. The zero-order valence-corrected chi connectivity index (χ0v) is 22.8. The van der Waals surface area contributed by atoms with E-state index < -0.39 is 84.8 Å². The summed E-state index contributed by atoms with van der Waals surface area (Å²) in [6, 6.07) is 5.01. The van der Waals surface area contributed by atoms with Crippen LogP contribution in [0.4, 0.5) is 52.7 Å². The monoisotopic (exact) mass is 685 g/mol. The van der Waals surface area contributed by atoms with Crippen molar-refractivity contribution in [1.29, 1.82) is 0 Å². The van der Waals surface area contributed by atoms with Gasteiger partial charge < -0.3 is 19.1 Å². The maximum atomic E-state index is 13.4. The predicted molar refractivity (Wildman–Crippen MR) is 127 cm³/mol. The lowest BCUT2D eigenvalue weighted by atomic mass is 10.0. The Balaban J connectivity index is 2.24. The third kappa shape index (κ3) is 11.1. The average molecular weight is 685 g/mol. The molecule has 46 heavy (non-hydrogen) atoms. The smallest absolute Gasteiger partial charge is 0.420 e. The van der Waals surface area contributed by atoms with E-state index in [1.54, 1.807) is 0 Å². The van der Waals surface area contributed by atoms with Crippen molar-refractivity contribution in [2.45, 2.75) is 56.9 Å². The summed E-state index contributed by atoms with van der Waals surface area (Å²) in [7, 11) is 0. The highest BCUT2D eigenvalue weighted by Crippen LogP contribution is 2.33. The molecule has 0 aliphatic heterocycles. The summed E-state index contributed by atoms with van der Waals surface area (Å²) >= 11 is 0. The fourth-order valence-electron chi connectivity index (χ4n) is 3.54. The quantitative estimate of drug-likeness (QED) is 0.171. The summed E-state index contributed by atoms with van der Waals surface area (Å²) in [5, 5.41) is 0. The van der Waals surface area contributed by atoms with Gasteiger partial charge in [-0.2, -0.15) is 52.7 Å². The van der Waals surface area contributed by atoms with E-state index in [0.717, 1.165) is 18.2 Å². The molecule has 0 fully saturated rings. The third-order valence-electron chi connectivity index (χ3n) is 5.77. The first-order valence-corrected chi connectivity index (χ1v) is 12.4. The highest BCUT2D eigenvalue weighted by atomic mass is 19.4. The van der Waals surface area contributed by atoms with Crippen LogP contribution in [0.2, 0.25) is 0 Å². The van der Waals surface area contributed by atoms with Gasteiger partial charge in [0, 0.05) is 12.6 Å². The van der Waals surface area contributed by atoms with Crippen molar-refractivity contribution < 1.29 is 86.1 Å². The second-order valence-electron chi connectivity index (χ2n) is 9.22. The molecule has 2 aromatic carbocycles. The van der Waals surface area contributed by atoms with Crippen LogP contribution in [-0.2, 0) is 32.0 Å². The van der Waals surface area contributed by atoms with Gasteiger partial charge in [-0.05, 0) is 61.6 Å². The van der Waals surface area contributed by atoms with E-state index in [1.165, 1.54) is 19.1 Å². The zero-order valence-electron chi connectivity index (χ0n) is 22.8. The van der Waals surface area contributed by atoms with Gasteiger partial charge >= 0.3 is 48.5 Å². The van der Waals surface area contributed by atoms with Crippen LogP contribution in [0.3, 0.4) is 0 Å². The van der Waals surface area contributed by atoms with Crippen molar-refractivity contribution in [3.05, 3.63) is 53.6 Å². The van der Waals surface area contributed by atoms with Crippen LogP contribution in [-0.4, -0.2) is 66.0 Å². The summed E-state index contributed by atoms with van der Waals surface area (Å²) < 4.78 is 165. The van der Waals surface area contributed by atoms with E-state index >= 15 is 0 Å². The molecule has 20 heteroatoms. The van der Waals surface area contributed by atoms with E-state index in [0.29, 0.717) is 22.6 Å². The Hall–Kier alpha value is -4.52. The minimum Gasteiger partial charge on any atom is -0.420 e. The molecule has 254 valence electrons. The van der Waals surface area contributed by atoms with Gasteiger partial charge in [0.25, 0.3) is 0 Å². The Morgan fingerprint density at radius 1 is 0.609 bits per heavy atom. The Morgan fingerprint density at radius 3 is 1.54 bits per heavy atom. The molecule has 1 atom stereocenters. The van der Waals surface area contributed by atoms with Gasteiger partial charge in [-0.1, -0.05) is 18.2 Å². The minimum atomic E-state index is -5.65. The molecule has 0 aliphatic carbocycles. The van der Waals surface area contributed by atoms with Crippen molar-refractivity contribution >= 4 is 23.8 Å². The van der Waals surface area contributed by atoms with E-state index in [4.69, 9.17) is 0 Å². The number of alkyl halides is 12. The summed E-state index contributed by atoms with van der Waals surface area (Å²) in [4.78, 5) is 45.8. The molecular weight excluding hydrogens is 666 g/mol. The number of ether oxygens (including phenoxy) is 3. The van der Waals surface area contributed by atoms with E-state index in [-0.39, 0.29) is 18.4 Å². The van der Waals surface area contributed by atoms with Gasteiger partial charge in [-0.15, -0.1) is 0 Å². The van der Waals surface area contributed by atoms with Crippen molar-refractivity contribution in [2.75, 3.05) is 6.54 Å². The minimum absolute atomic E-state index is 0.0485. The number of benzene rings is 2. The molecule has 0 radical (unpaired) electrons. The number of carbonyl (C=O) groups is 4. The lowest BCUT2D eigenvalue weighted by Gasteiger charge is -2.30. The van der Waals surface area contributed by atoms with Crippen LogP contribution < -0.4 is 14.2 Å². The maximum Gasteiger partial charge on any atom is 0.491 e. The van der Waals surface area contributed by atoms with Crippen molar-refractivity contribution in [3.8, 4) is 17.2 Å². The van der Waals surface area contributed by atoms with Gasteiger partial charge in [-0.3, -0.25) is 4.79 Å². The largest absolute Gasteiger partial charge is 0.491 e. The molecule has 2 rings (SSSR count). The normalized spacial score (nSPS) is 13.1. The number of hydrogen-bond acceptors (Lipinski definition) is 7. The van der Waals surface area contributed by atoms with Crippen molar-refractivity contribution in [2.24, 2.45) is 0 Å². The second-order valence-corrected chi connectivity index (χ2v) is 9.22. The van der Waals surface area contributed by atoms with Crippen LogP contribution >= 0.6 is 0 Å². The Bertz CT molecular complexity index is 1410. The Labute approximate surface area is 249 Å². The molecule has 8 nitrogen and oxygen atoms in total. The van der Waals surface area contributed by atoms with Crippen molar-refractivity contribution in [1.82, 2.24) is 4.90 Å². The molecule has 0 spiro atoms. The molecule has 0 saturated carbocycles. The first-order valence-electron chi connectivity index (χ1n) is 12.4. The summed E-state index contributed by atoms with van der Waals surface area (Å²) in [6.07, 6.45) is -22.7. The fourth-order valence-corrected chi connectivity index (χ4v) is 3.54. The highest BCUT2D eigenvalue weighted by molar-refractivity contribution is 5.82. The summed E-state index contributed by atoms with van der Waals surface area (Å²) in [5.41, 5.74) is 0.0890. The number of hydrogen-bond donors (Lipinski definition) is 0. The van der Waals surface area contributed by atoms with Crippen LogP contribution in [0.1, 0.15) is 24.5 Å². The lowest BCUT2D eigenvalue weighted by molar-refractivity contribution is -0.191. The number of carbonyl (C=O) groups excluding carboxylic acids is 4. The third-order valence-corrected chi connectivity index (χ3v) is 5.77. The van der Waals surface area contributed by atoms with Gasteiger partial charge in [-0.25, -0.2) is 14.4 Å². The maximum absolute atomic E-state index is 13.4. The van der Waals surface area contributed by atoms with Gasteiger partial charge in [0.15, 0.2) is 11.5 Å². The van der Waals surface area contributed by atoms with E-state index in [9.17, 15) is 71.9 Å². The number of nitrogens with zero attached hydrogens (tertiary/aromatic N) is 1. The molecular formula is C26H19F12NO7. The lowest BCUT2D eigenvalue weighted by Crippen LogP contribution is -2.47. The summed E-state index contributed by atoms with van der Waals surface area (Å²) in [5.74, 6) is -13.7. The summed E-state index contributed by atoms with van der Waals surface area (Å²) in [6.45, 7) is 0.416. The van der Waals surface area contributed by atoms with Crippen LogP contribution in [0.5, 0.6) is 17.2 Å². The predicted octanol–water partition coefficient (Wildman–Crippen LogP) is 6.04. The first-order chi connectivity index (χ1) is 20.9. The van der Waals surface area contributed by atoms with Gasteiger partial charge in [0.2, 0.25) is 0 Å². The molecule has 2 aromatic rings. The fraction of sp³-hybridized carbons (Fsp3) is 0.385. The first kappa shape index (κ1) is 37.7. The van der Waals surface area contributed by atoms with Gasteiger partial charge in [0.1, 0.15) is 5.75 Å². The number of halogens is 12. The Kier molecular flexibility index (Phi) is 11.7. The molecule has 0 bridgehead atoms. The topological polar surface area (TPSA) is 99.2 Å². The zero-order chi connectivity index (χ0) is 35.3. The van der Waals surface area contributed by atoms with Crippen molar-refractivity contribution in [3.63, 3.8) is 0 Å².